The van der Waals surface area contributed by atoms with E-state index in [-0.39, 0.29) is 5.56 Å². The number of pyridine rings is 1. The molecular formula is C15H16F3N3. The molecule has 0 radical (unpaired) electrons. The third-order valence-electron chi connectivity index (χ3n) is 3.59. The Hall–Kier alpha value is -1.92. The molecule has 2 rings (SSSR count). The molecule has 1 aromatic carbocycles. The second-order valence-corrected chi connectivity index (χ2v) is 4.85. The molecule has 1 atom stereocenters. The van der Waals surface area contributed by atoms with E-state index in [9.17, 15) is 13.2 Å². The van der Waals surface area contributed by atoms with Gasteiger partial charge < -0.3 is 0 Å². The van der Waals surface area contributed by atoms with Crippen LogP contribution in [0.15, 0.2) is 36.7 Å². The average Bonchev–Trinajstić information content (AvgIpc) is 2.44. The van der Waals surface area contributed by atoms with Crippen molar-refractivity contribution >= 4 is 0 Å². The fourth-order valence-electron chi connectivity index (χ4n) is 2.33. The molecular weight excluding hydrogens is 279 g/mol. The summed E-state index contributed by atoms with van der Waals surface area (Å²) in [4.78, 5) is 3.81. The van der Waals surface area contributed by atoms with Crippen molar-refractivity contribution in [2.75, 3.05) is 0 Å². The summed E-state index contributed by atoms with van der Waals surface area (Å²) in [5.74, 6) is 5.52. The normalized spacial score (nSPS) is 13.2. The smallest absolute Gasteiger partial charge is 0.271 e. The first-order valence-electron chi connectivity index (χ1n) is 6.39. The van der Waals surface area contributed by atoms with E-state index in [4.69, 9.17) is 5.84 Å². The molecule has 0 aliphatic carbocycles. The minimum absolute atomic E-state index is 0.0150. The van der Waals surface area contributed by atoms with E-state index < -0.39 is 17.8 Å². The number of benzene rings is 1. The first-order valence-corrected chi connectivity index (χ1v) is 6.39. The molecule has 1 heterocycles. The summed E-state index contributed by atoms with van der Waals surface area (Å²) < 4.78 is 39.4. The molecule has 21 heavy (non-hydrogen) atoms. The molecule has 0 aliphatic heterocycles. The number of aromatic nitrogens is 1. The van der Waals surface area contributed by atoms with Gasteiger partial charge in [0.15, 0.2) is 0 Å². The summed E-state index contributed by atoms with van der Waals surface area (Å²) in [6, 6.07) is 5.66. The number of hydrazine groups is 1. The number of nitrogens with zero attached hydrogens (tertiary/aromatic N) is 1. The molecule has 0 amide bonds. The number of aryl methyl sites for hydroxylation is 1. The van der Waals surface area contributed by atoms with Gasteiger partial charge in [-0.1, -0.05) is 18.2 Å². The van der Waals surface area contributed by atoms with Gasteiger partial charge in [0.05, 0.1) is 11.6 Å². The lowest BCUT2D eigenvalue weighted by atomic mass is 9.91. The summed E-state index contributed by atoms with van der Waals surface area (Å²) in [6.45, 7) is 3.76. The van der Waals surface area contributed by atoms with Crippen molar-refractivity contribution in [2.24, 2.45) is 5.84 Å². The van der Waals surface area contributed by atoms with Crippen LogP contribution in [0.4, 0.5) is 13.2 Å². The molecule has 1 unspecified atom stereocenters. The van der Waals surface area contributed by atoms with Crippen molar-refractivity contribution in [1.29, 1.82) is 0 Å². The Bertz CT molecular complexity index is 638. The van der Waals surface area contributed by atoms with E-state index >= 15 is 0 Å². The average molecular weight is 295 g/mol. The third-order valence-corrected chi connectivity index (χ3v) is 3.59. The topological polar surface area (TPSA) is 50.9 Å². The van der Waals surface area contributed by atoms with Crippen LogP contribution >= 0.6 is 0 Å². The zero-order valence-electron chi connectivity index (χ0n) is 11.7. The Labute approximate surface area is 121 Å². The molecule has 112 valence electrons. The number of rotatable bonds is 3. The van der Waals surface area contributed by atoms with Crippen LogP contribution in [0, 0.1) is 13.8 Å². The van der Waals surface area contributed by atoms with Gasteiger partial charge in [0.25, 0.3) is 0 Å². The summed E-state index contributed by atoms with van der Waals surface area (Å²) in [7, 11) is 0. The van der Waals surface area contributed by atoms with Gasteiger partial charge >= 0.3 is 6.18 Å². The Balaban J connectivity index is 2.60. The van der Waals surface area contributed by atoms with Crippen LogP contribution in [0.1, 0.15) is 33.9 Å². The van der Waals surface area contributed by atoms with Crippen molar-refractivity contribution in [3.05, 3.63) is 64.5 Å². The summed E-state index contributed by atoms with van der Waals surface area (Å²) in [6.07, 6.45) is -2.12. The van der Waals surface area contributed by atoms with Crippen LogP contribution < -0.4 is 11.3 Å². The fraction of sp³-hybridized carbons (Fsp3) is 0.267. The molecule has 3 N–H and O–H groups in total. The van der Waals surface area contributed by atoms with Crippen molar-refractivity contribution in [2.45, 2.75) is 26.1 Å². The first kappa shape index (κ1) is 15.5. The van der Waals surface area contributed by atoms with Gasteiger partial charge in [0, 0.05) is 18.0 Å². The third kappa shape index (κ3) is 3.06. The Morgan fingerprint density at radius 3 is 2.48 bits per heavy atom. The van der Waals surface area contributed by atoms with E-state index in [1.54, 1.807) is 12.1 Å². The highest BCUT2D eigenvalue weighted by Crippen LogP contribution is 2.36. The zero-order chi connectivity index (χ0) is 15.6. The Kier molecular flexibility index (Phi) is 4.29. The molecule has 0 spiro atoms. The molecule has 0 saturated heterocycles. The summed E-state index contributed by atoms with van der Waals surface area (Å²) in [5, 5.41) is 0. The maximum atomic E-state index is 13.1. The molecule has 0 aliphatic rings. The van der Waals surface area contributed by atoms with E-state index in [2.05, 4.69) is 10.4 Å². The van der Waals surface area contributed by atoms with Crippen molar-refractivity contribution in [1.82, 2.24) is 10.4 Å². The Morgan fingerprint density at radius 2 is 1.86 bits per heavy atom. The predicted octanol–water partition coefficient (Wildman–Crippen LogP) is 3.27. The quantitative estimate of drug-likeness (QED) is 0.675. The van der Waals surface area contributed by atoms with Crippen LogP contribution in [-0.4, -0.2) is 4.98 Å². The molecule has 0 bridgehead atoms. The minimum atomic E-state index is -4.45. The van der Waals surface area contributed by atoms with Crippen LogP contribution in [-0.2, 0) is 6.18 Å². The number of nitrogens with two attached hydrogens (primary N) is 1. The molecule has 0 saturated carbocycles. The SMILES string of the molecule is Cc1cccc(C(NN)c2cnccc2C(F)(F)F)c1C. The maximum Gasteiger partial charge on any atom is 0.416 e. The van der Waals surface area contributed by atoms with Gasteiger partial charge in [0.2, 0.25) is 0 Å². The number of hydrogen-bond acceptors (Lipinski definition) is 3. The van der Waals surface area contributed by atoms with Crippen LogP contribution in [0.2, 0.25) is 0 Å². The Morgan fingerprint density at radius 1 is 1.14 bits per heavy atom. The lowest BCUT2D eigenvalue weighted by Gasteiger charge is -2.23. The van der Waals surface area contributed by atoms with E-state index in [1.807, 2.05) is 19.9 Å². The second kappa shape index (κ2) is 5.83. The van der Waals surface area contributed by atoms with Gasteiger partial charge in [-0.2, -0.15) is 13.2 Å². The predicted molar refractivity (Wildman–Crippen MR) is 74.3 cm³/mol. The van der Waals surface area contributed by atoms with E-state index in [1.165, 1.54) is 6.20 Å². The van der Waals surface area contributed by atoms with Crippen LogP contribution in [0.3, 0.4) is 0 Å². The number of hydrogen-bond donors (Lipinski definition) is 2. The second-order valence-electron chi connectivity index (χ2n) is 4.85. The standard InChI is InChI=1S/C15H16F3N3/c1-9-4-3-5-11(10(9)2)14(21-19)12-8-20-7-6-13(12)15(16,17)18/h3-8,14,21H,19H2,1-2H3. The lowest BCUT2D eigenvalue weighted by Crippen LogP contribution is -2.31. The monoisotopic (exact) mass is 295 g/mol. The van der Waals surface area contributed by atoms with Crippen molar-refractivity contribution < 1.29 is 13.2 Å². The maximum absolute atomic E-state index is 13.1. The highest BCUT2D eigenvalue weighted by molar-refractivity contribution is 5.42. The van der Waals surface area contributed by atoms with Gasteiger partial charge in [-0.15, -0.1) is 0 Å². The molecule has 3 nitrogen and oxygen atoms in total. The van der Waals surface area contributed by atoms with Gasteiger partial charge in [-0.05, 0) is 36.6 Å². The highest BCUT2D eigenvalue weighted by atomic mass is 19.4. The van der Waals surface area contributed by atoms with Crippen molar-refractivity contribution in [3.8, 4) is 0 Å². The van der Waals surface area contributed by atoms with Gasteiger partial charge in [-0.3, -0.25) is 10.8 Å². The highest BCUT2D eigenvalue weighted by Gasteiger charge is 2.35. The molecule has 2 aromatic rings. The van der Waals surface area contributed by atoms with E-state index in [0.29, 0.717) is 5.56 Å². The first-order chi connectivity index (χ1) is 9.86. The number of alkyl halides is 3. The largest absolute Gasteiger partial charge is 0.416 e. The van der Waals surface area contributed by atoms with Gasteiger partial charge in [0.1, 0.15) is 0 Å². The summed E-state index contributed by atoms with van der Waals surface area (Å²) >= 11 is 0. The van der Waals surface area contributed by atoms with Gasteiger partial charge in [-0.25, -0.2) is 5.43 Å². The molecule has 1 aromatic heterocycles. The van der Waals surface area contributed by atoms with Crippen LogP contribution in [0.5, 0.6) is 0 Å². The van der Waals surface area contributed by atoms with E-state index in [0.717, 1.165) is 23.4 Å². The zero-order valence-corrected chi connectivity index (χ0v) is 11.7. The van der Waals surface area contributed by atoms with Crippen LogP contribution in [0.25, 0.3) is 0 Å². The lowest BCUT2D eigenvalue weighted by molar-refractivity contribution is -0.138. The molecule has 6 heteroatoms. The molecule has 0 fully saturated rings. The number of nitrogens with one attached hydrogen (secondary N) is 1. The minimum Gasteiger partial charge on any atom is -0.271 e. The number of halogens is 3. The van der Waals surface area contributed by atoms with Crippen molar-refractivity contribution in [3.63, 3.8) is 0 Å². The fourth-order valence-corrected chi connectivity index (χ4v) is 2.33. The summed E-state index contributed by atoms with van der Waals surface area (Å²) in [5.41, 5.74) is 4.35.